The topological polar surface area (TPSA) is 120 Å². The number of non-ortho nitro benzene ring substituents is 1. The molecule has 3 rings (SSSR count). The van der Waals surface area contributed by atoms with Crippen molar-refractivity contribution in [1.29, 1.82) is 0 Å². The van der Waals surface area contributed by atoms with E-state index in [1.54, 1.807) is 37.3 Å². The van der Waals surface area contributed by atoms with Gasteiger partial charge in [-0.15, -0.1) is 10.2 Å². The van der Waals surface area contributed by atoms with Gasteiger partial charge in [-0.2, -0.15) is 0 Å². The van der Waals surface area contributed by atoms with Crippen LogP contribution in [0.25, 0.3) is 11.5 Å². The number of nitro benzene ring substituents is 1. The van der Waals surface area contributed by atoms with E-state index in [9.17, 15) is 14.9 Å². The van der Waals surface area contributed by atoms with Crippen molar-refractivity contribution in [2.75, 3.05) is 12.4 Å². The Morgan fingerprint density at radius 1 is 1.25 bits per heavy atom. The fraction of sp³-hybridized carbons (Fsp3) is 0.167. The van der Waals surface area contributed by atoms with Gasteiger partial charge < -0.3 is 14.5 Å². The Balaban J connectivity index is 1.68. The minimum atomic E-state index is -0.525. The van der Waals surface area contributed by atoms with Crippen molar-refractivity contribution in [1.82, 2.24) is 10.2 Å². The lowest BCUT2D eigenvalue weighted by atomic mass is 10.2. The summed E-state index contributed by atoms with van der Waals surface area (Å²) < 4.78 is 10.7. The average molecular weight is 400 g/mol. The van der Waals surface area contributed by atoms with Gasteiger partial charge in [0.15, 0.2) is 0 Å². The maximum Gasteiger partial charge on any atom is 0.277 e. The number of ether oxygens (including phenoxy) is 1. The van der Waals surface area contributed by atoms with Gasteiger partial charge in [-0.3, -0.25) is 14.9 Å². The minimum absolute atomic E-state index is 0.0746. The molecule has 0 fully saturated rings. The highest BCUT2D eigenvalue weighted by Gasteiger charge is 2.20. The van der Waals surface area contributed by atoms with Gasteiger partial charge in [0.05, 0.1) is 23.0 Å². The first-order valence-electron chi connectivity index (χ1n) is 8.17. The molecule has 1 aromatic heterocycles. The highest BCUT2D eigenvalue weighted by Crippen LogP contribution is 2.29. The van der Waals surface area contributed by atoms with E-state index in [2.05, 4.69) is 15.5 Å². The predicted molar refractivity (Wildman–Crippen MR) is 103 cm³/mol. The summed E-state index contributed by atoms with van der Waals surface area (Å²) in [6, 6.07) is 13.0. The molecule has 0 unspecified atom stereocenters. The van der Waals surface area contributed by atoms with Crippen LogP contribution in [-0.2, 0) is 4.79 Å². The number of benzene rings is 2. The van der Waals surface area contributed by atoms with Gasteiger partial charge in [-0.1, -0.05) is 30.0 Å². The number of methoxy groups -OCH3 is 1. The number of thioether (sulfide) groups is 1. The summed E-state index contributed by atoms with van der Waals surface area (Å²) in [6.45, 7) is 1.70. The van der Waals surface area contributed by atoms with Crippen molar-refractivity contribution in [3.05, 3.63) is 58.6 Å². The lowest BCUT2D eigenvalue weighted by Gasteiger charge is -2.12. The molecule has 1 atom stereocenters. The Morgan fingerprint density at radius 2 is 2.04 bits per heavy atom. The zero-order valence-electron chi connectivity index (χ0n) is 15.0. The molecule has 0 aliphatic rings. The number of nitrogens with zero attached hydrogens (tertiary/aromatic N) is 3. The number of hydrogen-bond acceptors (Lipinski definition) is 8. The molecule has 1 amide bonds. The molecule has 0 saturated heterocycles. The van der Waals surface area contributed by atoms with Gasteiger partial charge in [0.25, 0.3) is 10.9 Å². The van der Waals surface area contributed by atoms with Gasteiger partial charge in [0.1, 0.15) is 5.75 Å². The number of hydrogen-bond donors (Lipinski definition) is 1. The monoisotopic (exact) mass is 400 g/mol. The number of nitro groups is 1. The molecule has 1 heterocycles. The van der Waals surface area contributed by atoms with Gasteiger partial charge in [0, 0.05) is 17.7 Å². The Labute approximate surface area is 164 Å². The summed E-state index contributed by atoms with van der Waals surface area (Å²) >= 11 is 1.08. The minimum Gasteiger partial charge on any atom is -0.495 e. The van der Waals surface area contributed by atoms with Gasteiger partial charge in [0.2, 0.25) is 11.8 Å². The number of para-hydroxylation sites is 2. The molecule has 2 aromatic carbocycles. The van der Waals surface area contributed by atoms with Gasteiger partial charge in [-0.25, -0.2) is 0 Å². The smallest absolute Gasteiger partial charge is 0.277 e. The highest BCUT2D eigenvalue weighted by molar-refractivity contribution is 8.00. The summed E-state index contributed by atoms with van der Waals surface area (Å²) in [4.78, 5) is 22.8. The van der Waals surface area contributed by atoms with E-state index in [1.165, 1.54) is 25.3 Å². The van der Waals surface area contributed by atoms with Crippen LogP contribution in [-0.4, -0.2) is 33.4 Å². The molecule has 0 saturated carbocycles. The van der Waals surface area contributed by atoms with E-state index in [1.807, 2.05) is 0 Å². The zero-order chi connectivity index (χ0) is 20.1. The summed E-state index contributed by atoms with van der Waals surface area (Å²) in [6.07, 6.45) is 0. The van der Waals surface area contributed by atoms with Gasteiger partial charge in [-0.05, 0) is 25.1 Å². The molecule has 0 bridgehead atoms. The van der Waals surface area contributed by atoms with Crippen LogP contribution in [0.3, 0.4) is 0 Å². The van der Waals surface area contributed by atoms with Crippen LogP contribution < -0.4 is 10.1 Å². The van der Waals surface area contributed by atoms with Crippen LogP contribution in [0.5, 0.6) is 5.75 Å². The Bertz CT molecular complexity index is 1010. The molecule has 28 heavy (non-hydrogen) atoms. The third-order valence-corrected chi connectivity index (χ3v) is 4.66. The molecule has 0 spiro atoms. The molecule has 9 nitrogen and oxygen atoms in total. The van der Waals surface area contributed by atoms with E-state index in [0.29, 0.717) is 17.0 Å². The van der Waals surface area contributed by atoms with Crippen molar-refractivity contribution in [2.45, 2.75) is 17.4 Å². The van der Waals surface area contributed by atoms with Crippen LogP contribution in [0, 0.1) is 10.1 Å². The quantitative estimate of drug-likeness (QED) is 0.361. The number of carbonyl (C=O) groups excluding carboxylic acids is 1. The molecular formula is C18H16N4O5S. The van der Waals surface area contributed by atoms with Gasteiger partial charge >= 0.3 is 0 Å². The molecule has 0 aliphatic carbocycles. The first-order chi connectivity index (χ1) is 13.5. The third-order valence-electron chi connectivity index (χ3n) is 3.72. The second-order valence-electron chi connectivity index (χ2n) is 5.63. The molecule has 10 heteroatoms. The Hall–Kier alpha value is -3.40. The fourth-order valence-corrected chi connectivity index (χ4v) is 3.00. The predicted octanol–water partition coefficient (Wildman–Crippen LogP) is 3.77. The molecule has 1 N–H and O–H groups in total. The van der Waals surface area contributed by atoms with Crippen LogP contribution >= 0.6 is 11.8 Å². The molecule has 0 radical (unpaired) electrons. The number of carbonyl (C=O) groups is 1. The number of amides is 1. The Kier molecular flexibility index (Phi) is 5.90. The molecule has 144 valence electrons. The Morgan fingerprint density at radius 3 is 2.79 bits per heavy atom. The molecule has 3 aromatic rings. The average Bonchev–Trinajstić information content (AvgIpc) is 3.17. The lowest BCUT2D eigenvalue weighted by Crippen LogP contribution is -2.22. The largest absolute Gasteiger partial charge is 0.495 e. The zero-order valence-corrected chi connectivity index (χ0v) is 15.8. The normalized spacial score (nSPS) is 11.6. The lowest BCUT2D eigenvalue weighted by molar-refractivity contribution is -0.384. The summed E-state index contributed by atoms with van der Waals surface area (Å²) in [5.41, 5.74) is 0.916. The van der Waals surface area contributed by atoms with Crippen LogP contribution in [0.4, 0.5) is 11.4 Å². The van der Waals surface area contributed by atoms with Crippen LogP contribution in [0.1, 0.15) is 6.92 Å². The summed E-state index contributed by atoms with van der Waals surface area (Å²) in [5.74, 6) is 0.437. The maximum absolute atomic E-state index is 12.4. The summed E-state index contributed by atoms with van der Waals surface area (Å²) in [5, 5.41) is 21.1. The molecular weight excluding hydrogens is 384 g/mol. The number of rotatable bonds is 7. The fourth-order valence-electron chi connectivity index (χ4n) is 2.31. The van der Waals surface area contributed by atoms with Crippen molar-refractivity contribution < 1.29 is 18.9 Å². The van der Waals surface area contributed by atoms with E-state index in [-0.39, 0.29) is 22.7 Å². The third kappa shape index (κ3) is 4.46. The standard InChI is InChI=1S/C18H16N4O5S/c1-11(16(23)19-14-8-3-4-9-15(14)26-2)28-18-21-20-17(27-18)12-6-5-7-13(10-12)22(24)25/h3-11H,1-2H3,(H,19,23)/t11-/m0/s1. The maximum atomic E-state index is 12.4. The van der Waals surface area contributed by atoms with Crippen LogP contribution in [0.15, 0.2) is 58.2 Å². The van der Waals surface area contributed by atoms with E-state index < -0.39 is 10.2 Å². The first kappa shape index (κ1) is 19.4. The van der Waals surface area contributed by atoms with E-state index >= 15 is 0 Å². The number of anilines is 1. The van der Waals surface area contributed by atoms with E-state index in [0.717, 1.165) is 11.8 Å². The number of nitrogens with one attached hydrogen (secondary N) is 1. The van der Waals surface area contributed by atoms with Crippen LogP contribution in [0.2, 0.25) is 0 Å². The van der Waals surface area contributed by atoms with Crippen molar-refractivity contribution in [2.24, 2.45) is 0 Å². The molecule has 0 aliphatic heterocycles. The SMILES string of the molecule is COc1ccccc1NC(=O)[C@H](C)Sc1nnc(-c2cccc([N+](=O)[O-])c2)o1. The highest BCUT2D eigenvalue weighted by atomic mass is 32.2. The van der Waals surface area contributed by atoms with Crippen molar-refractivity contribution in [3.8, 4) is 17.2 Å². The van der Waals surface area contributed by atoms with Crippen molar-refractivity contribution in [3.63, 3.8) is 0 Å². The first-order valence-corrected chi connectivity index (χ1v) is 9.04. The van der Waals surface area contributed by atoms with E-state index in [4.69, 9.17) is 9.15 Å². The van der Waals surface area contributed by atoms with Crippen molar-refractivity contribution >= 4 is 29.0 Å². The second kappa shape index (κ2) is 8.53. The summed E-state index contributed by atoms with van der Waals surface area (Å²) in [7, 11) is 1.52. The number of aromatic nitrogens is 2. The second-order valence-corrected chi connectivity index (χ2v) is 6.92.